The lowest BCUT2D eigenvalue weighted by Gasteiger charge is -2.34. The fourth-order valence-corrected chi connectivity index (χ4v) is 13.5. The van der Waals surface area contributed by atoms with E-state index in [0.29, 0.717) is 0 Å². The number of hydrogen-bond acceptors (Lipinski definition) is 1. The Labute approximate surface area is 341 Å². The van der Waals surface area contributed by atoms with E-state index < -0.39 is 8.07 Å². The summed E-state index contributed by atoms with van der Waals surface area (Å²) < 4.78 is 0. The van der Waals surface area contributed by atoms with E-state index in [0.717, 1.165) is 17.1 Å². The van der Waals surface area contributed by atoms with Crippen LogP contribution in [0.4, 0.5) is 17.1 Å². The highest BCUT2D eigenvalue weighted by Gasteiger charge is 2.41. The molecular formula is C56H41NSi. The first-order valence-electron chi connectivity index (χ1n) is 20.0. The molecule has 0 aromatic heterocycles. The molecule has 0 aliphatic carbocycles. The molecule has 10 aromatic carbocycles. The molecule has 10 rings (SSSR count). The highest BCUT2D eigenvalue weighted by molar-refractivity contribution is 7.20. The molecule has 0 spiro atoms. The summed E-state index contributed by atoms with van der Waals surface area (Å²) in [7, 11) is -2.75. The summed E-state index contributed by atoms with van der Waals surface area (Å²) in [5.74, 6) is 0. The number of benzene rings is 10. The van der Waals surface area contributed by atoms with Gasteiger partial charge in [-0.2, -0.15) is 0 Å². The van der Waals surface area contributed by atoms with Crippen LogP contribution in [0.1, 0.15) is 0 Å². The molecule has 0 fully saturated rings. The number of hydrogen-bond donors (Lipinski definition) is 0. The molecule has 0 atom stereocenters. The van der Waals surface area contributed by atoms with Crippen molar-refractivity contribution in [2.45, 2.75) is 0 Å². The van der Waals surface area contributed by atoms with Crippen molar-refractivity contribution in [1.82, 2.24) is 0 Å². The summed E-state index contributed by atoms with van der Waals surface area (Å²) in [6.07, 6.45) is 0. The van der Waals surface area contributed by atoms with Crippen LogP contribution in [0.25, 0.3) is 43.8 Å². The van der Waals surface area contributed by atoms with Crippen LogP contribution in [0.3, 0.4) is 0 Å². The Morgan fingerprint density at radius 1 is 0.224 bits per heavy atom. The Morgan fingerprint density at radius 3 is 1.12 bits per heavy atom. The normalized spacial score (nSPS) is 11.4. The number of anilines is 3. The minimum absolute atomic E-state index is 1.12. The van der Waals surface area contributed by atoms with Gasteiger partial charge >= 0.3 is 0 Å². The molecule has 0 heterocycles. The van der Waals surface area contributed by atoms with Crippen LogP contribution in [0.5, 0.6) is 0 Å². The second-order valence-electron chi connectivity index (χ2n) is 15.0. The highest BCUT2D eigenvalue weighted by Crippen LogP contribution is 2.35. The maximum Gasteiger partial charge on any atom is 0.179 e. The molecule has 0 aliphatic heterocycles. The molecule has 0 unspecified atom stereocenters. The minimum Gasteiger partial charge on any atom is -0.311 e. The predicted molar refractivity (Wildman–Crippen MR) is 251 cm³/mol. The maximum atomic E-state index is 2.46. The maximum absolute atomic E-state index is 2.75. The quantitative estimate of drug-likeness (QED) is 0.105. The Bertz CT molecular complexity index is 2880. The van der Waals surface area contributed by atoms with Gasteiger partial charge in [0, 0.05) is 17.1 Å². The van der Waals surface area contributed by atoms with Crippen molar-refractivity contribution >= 4 is 67.4 Å². The van der Waals surface area contributed by atoms with Gasteiger partial charge in [0.1, 0.15) is 0 Å². The molecule has 0 aliphatic rings. The molecule has 0 saturated carbocycles. The van der Waals surface area contributed by atoms with Gasteiger partial charge in [-0.15, -0.1) is 0 Å². The predicted octanol–water partition coefficient (Wildman–Crippen LogP) is 12.2. The molecule has 0 N–H and O–H groups in total. The molecule has 0 radical (unpaired) electrons. The van der Waals surface area contributed by atoms with E-state index in [1.54, 1.807) is 0 Å². The Hall–Kier alpha value is -7.26. The van der Waals surface area contributed by atoms with Gasteiger partial charge in [0.15, 0.2) is 8.07 Å². The SMILES string of the molecule is c1ccc(N(c2ccccc2)c2ccc(-c3ccc([Si](c4ccccc4)(c4ccccc4)c4ccc5cc(-c6ccc7ccccc7c6)ccc5c4)cc3)cc2)cc1. The van der Waals surface area contributed by atoms with Gasteiger partial charge in [0.2, 0.25) is 0 Å². The third-order valence-electron chi connectivity index (χ3n) is 11.6. The lowest BCUT2D eigenvalue weighted by molar-refractivity contribution is 1.28. The van der Waals surface area contributed by atoms with Gasteiger partial charge in [0.25, 0.3) is 0 Å². The van der Waals surface area contributed by atoms with Crippen molar-refractivity contribution in [2.24, 2.45) is 0 Å². The smallest absolute Gasteiger partial charge is 0.179 e. The number of rotatable bonds is 9. The molecule has 0 bridgehead atoms. The number of fused-ring (bicyclic) bond motifs is 2. The van der Waals surface area contributed by atoms with Crippen molar-refractivity contribution < 1.29 is 0 Å². The van der Waals surface area contributed by atoms with Crippen LogP contribution in [0, 0.1) is 0 Å². The molecule has 1 nitrogen and oxygen atoms in total. The van der Waals surface area contributed by atoms with Gasteiger partial charge in [0.05, 0.1) is 0 Å². The Kier molecular flexibility index (Phi) is 9.31. The van der Waals surface area contributed by atoms with E-state index in [4.69, 9.17) is 0 Å². The molecule has 58 heavy (non-hydrogen) atoms. The molecule has 10 aromatic rings. The number of nitrogens with zero attached hydrogens (tertiary/aromatic N) is 1. The van der Waals surface area contributed by atoms with Gasteiger partial charge in [-0.05, 0) is 113 Å². The zero-order valence-electron chi connectivity index (χ0n) is 32.1. The molecular weight excluding hydrogens is 715 g/mol. The molecule has 0 saturated heterocycles. The van der Waals surface area contributed by atoms with E-state index >= 15 is 0 Å². The standard InChI is InChI=1S/C56H41NSi/c1-5-17-50(18-6-1)57(51-19-7-2-8-20-51)52-34-29-43(30-35-52)44-31-36-55(37-32-44)58(53-21-9-3-10-22-53,54-23-11-4-12-24-54)56-38-33-48-40-47(27-28-49(48)41-56)46-26-25-42-15-13-14-16-45(42)39-46/h1-41H. The van der Waals surface area contributed by atoms with Crippen molar-refractivity contribution in [1.29, 1.82) is 0 Å². The molecule has 274 valence electrons. The monoisotopic (exact) mass is 755 g/mol. The minimum atomic E-state index is -2.75. The Balaban J connectivity index is 1.05. The van der Waals surface area contributed by atoms with Crippen molar-refractivity contribution in [3.05, 3.63) is 249 Å². The van der Waals surface area contributed by atoms with Crippen molar-refractivity contribution in [2.75, 3.05) is 4.90 Å². The van der Waals surface area contributed by atoms with Gasteiger partial charge in [-0.1, -0.05) is 200 Å². The van der Waals surface area contributed by atoms with Crippen LogP contribution in [0.15, 0.2) is 249 Å². The second-order valence-corrected chi connectivity index (χ2v) is 18.8. The number of para-hydroxylation sites is 2. The van der Waals surface area contributed by atoms with Crippen LogP contribution in [0.2, 0.25) is 0 Å². The van der Waals surface area contributed by atoms with E-state index in [1.807, 2.05) is 0 Å². The topological polar surface area (TPSA) is 3.24 Å². The summed E-state index contributed by atoms with van der Waals surface area (Å²) in [6.45, 7) is 0. The zero-order chi connectivity index (χ0) is 38.7. The van der Waals surface area contributed by atoms with Gasteiger partial charge < -0.3 is 4.90 Å². The Morgan fingerprint density at radius 2 is 0.569 bits per heavy atom. The van der Waals surface area contributed by atoms with E-state index in [1.165, 1.54) is 64.5 Å². The highest BCUT2D eigenvalue weighted by atomic mass is 28.3. The largest absolute Gasteiger partial charge is 0.311 e. The molecule has 2 heteroatoms. The zero-order valence-corrected chi connectivity index (χ0v) is 33.1. The third kappa shape index (κ3) is 6.50. The van der Waals surface area contributed by atoms with Crippen molar-refractivity contribution in [3.63, 3.8) is 0 Å². The average molecular weight is 756 g/mol. The summed E-state index contributed by atoms with van der Waals surface area (Å²) in [5, 5.41) is 10.5. The summed E-state index contributed by atoms with van der Waals surface area (Å²) in [5.41, 5.74) is 8.25. The van der Waals surface area contributed by atoms with Gasteiger partial charge in [-0.25, -0.2) is 0 Å². The summed E-state index contributed by atoms with van der Waals surface area (Å²) >= 11 is 0. The van der Waals surface area contributed by atoms with Gasteiger partial charge in [-0.3, -0.25) is 0 Å². The summed E-state index contributed by atoms with van der Waals surface area (Å²) in [4.78, 5) is 2.31. The lowest BCUT2D eigenvalue weighted by atomic mass is 9.99. The first kappa shape index (κ1) is 35.2. The third-order valence-corrected chi connectivity index (χ3v) is 16.4. The fourth-order valence-electron chi connectivity index (χ4n) is 8.72. The first-order chi connectivity index (χ1) is 28.7. The van der Waals surface area contributed by atoms with E-state index in [-0.39, 0.29) is 0 Å². The fraction of sp³-hybridized carbons (Fsp3) is 0. The van der Waals surface area contributed by atoms with Crippen LogP contribution >= 0.6 is 0 Å². The molecule has 0 amide bonds. The van der Waals surface area contributed by atoms with Crippen LogP contribution in [-0.2, 0) is 0 Å². The van der Waals surface area contributed by atoms with Crippen molar-refractivity contribution in [3.8, 4) is 22.3 Å². The van der Waals surface area contributed by atoms with Crippen LogP contribution < -0.4 is 25.6 Å². The van der Waals surface area contributed by atoms with Crippen LogP contribution in [-0.4, -0.2) is 8.07 Å². The average Bonchev–Trinajstić information content (AvgIpc) is 3.31. The van der Waals surface area contributed by atoms with E-state index in [9.17, 15) is 0 Å². The van der Waals surface area contributed by atoms with E-state index in [2.05, 4.69) is 254 Å². The summed E-state index contributed by atoms with van der Waals surface area (Å²) in [6, 6.07) is 91.4. The first-order valence-corrected chi connectivity index (χ1v) is 22.0. The second kappa shape index (κ2) is 15.3. The lowest BCUT2D eigenvalue weighted by Crippen LogP contribution is -2.74.